The Morgan fingerprint density at radius 2 is 2.25 bits per heavy atom. The summed E-state index contributed by atoms with van der Waals surface area (Å²) in [6, 6.07) is 6.59. The molecule has 0 bridgehead atoms. The lowest BCUT2D eigenvalue weighted by Gasteiger charge is -2.01. The van der Waals surface area contributed by atoms with E-state index in [2.05, 4.69) is 15.9 Å². The van der Waals surface area contributed by atoms with Crippen molar-refractivity contribution in [3.05, 3.63) is 39.9 Å². The quantitative estimate of drug-likeness (QED) is 0.445. The van der Waals surface area contributed by atoms with Crippen molar-refractivity contribution in [3.63, 3.8) is 0 Å². The maximum absolute atomic E-state index is 10.4. The molecule has 0 saturated carbocycles. The summed E-state index contributed by atoms with van der Waals surface area (Å²) < 4.78 is 0. The first kappa shape index (κ1) is 9.19. The van der Waals surface area contributed by atoms with E-state index in [-0.39, 0.29) is 10.5 Å². The van der Waals surface area contributed by atoms with Crippen LogP contribution in [0.5, 0.6) is 0 Å². The Balaban J connectivity index is 3.04. The molecule has 4 heteroatoms. The third-order valence-electron chi connectivity index (χ3n) is 1.54. The van der Waals surface area contributed by atoms with Crippen LogP contribution in [0.2, 0.25) is 0 Å². The van der Waals surface area contributed by atoms with Gasteiger partial charge in [0.1, 0.15) is 0 Å². The van der Waals surface area contributed by atoms with Gasteiger partial charge in [0.15, 0.2) is 0 Å². The number of non-ortho nitro benzene ring substituents is 1. The second-order valence-electron chi connectivity index (χ2n) is 2.47. The molecule has 1 aromatic rings. The fraction of sp³-hybridized carbons (Fsp3) is 0.250. The van der Waals surface area contributed by atoms with Gasteiger partial charge in [-0.05, 0) is 12.5 Å². The summed E-state index contributed by atoms with van der Waals surface area (Å²) in [6.07, 6.45) is 0. The predicted molar refractivity (Wildman–Crippen MR) is 50.4 cm³/mol. The van der Waals surface area contributed by atoms with E-state index in [1.807, 2.05) is 13.0 Å². The average molecular weight is 230 g/mol. The average Bonchev–Trinajstić information content (AvgIpc) is 2.04. The first-order chi connectivity index (χ1) is 5.61. The van der Waals surface area contributed by atoms with E-state index in [1.54, 1.807) is 12.1 Å². The normalized spacial score (nSPS) is 12.5. The molecule has 0 radical (unpaired) electrons. The van der Waals surface area contributed by atoms with Gasteiger partial charge >= 0.3 is 0 Å². The molecular weight excluding hydrogens is 222 g/mol. The van der Waals surface area contributed by atoms with E-state index in [4.69, 9.17) is 0 Å². The zero-order chi connectivity index (χ0) is 9.14. The molecule has 3 nitrogen and oxygen atoms in total. The number of nitro groups is 1. The van der Waals surface area contributed by atoms with Gasteiger partial charge in [-0.2, -0.15) is 0 Å². The van der Waals surface area contributed by atoms with Crippen LogP contribution in [0.3, 0.4) is 0 Å². The summed E-state index contributed by atoms with van der Waals surface area (Å²) in [5.41, 5.74) is 1.06. The Labute approximate surface area is 78.7 Å². The highest BCUT2D eigenvalue weighted by molar-refractivity contribution is 9.09. The van der Waals surface area contributed by atoms with Crippen molar-refractivity contribution in [2.45, 2.75) is 11.8 Å². The van der Waals surface area contributed by atoms with Gasteiger partial charge in [0.05, 0.1) is 4.92 Å². The minimum absolute atomic E-state index is 0.138. The van der Waals surface area contributed by atoms with Crippen molar-refractivity contribution in [2.24, 2.45) is 0 Å². The van der Waals surface area contributed by atoms with E-state index in [0.717, 1.165) is 5.56 Å². The predicted octanol–water partition coefficient (Wildman–Crippen LogP) is 3.05. The highest BCUT2D eigenvalue weighted by atomic mass is 79.9. The maximum atomic E-state index is 10.4. The van der Waals surface area contributed by atoms with Crippen molar-refractivity contribution in [3.8, 4) is 0 Å². The monoisotopic (exact) mass is 229 g/mol. The Bertz CT molecular complexity index is 299. The minimum Gasteiger partial charge on any atom is -0.258 e. The van der Waals surface area contributed by atoms with Crippen molar-refractivity contribution < 1.29 is 4.92 Å². The summed E-state index contributed by atoms with van der Waals surface area (Å²) in [5.74, 6) is 0. The van der Waals surface area contributed by atoms with Crippen molar-refractivity contribution in [2.75, 3.05) is 0 Å². The molecule has 0 fully saturated rings. The standard InChI is InChI=1S/C8H8BrNO2/c1-6(9)7-3-2-4-8(5-7)10(11)12/h2-6H,1H3. The molecular formula is C8H8BrNO2. The zero-order valence-corrected chi connectivity index (χ0v) is 8.11. The lowest BCUT2D eigenvalue weighted by atomic mass is 10.1. The van der Waals surface area contributed by atoms with Gasteiger partial charge in [-0.25, -0.2) is 0 Å². The Kier molecular flexibility index (Phi) is 2.81. The second-order valence-corrected chi connectivity index (χ2v) is 3.84. The summed E-state index contributed by atoms with van der Waals surface area (Å²) in [7, 11) is 0. The van der Waals surface area contributed by atoms with Crippen molar-refractivity contribution in [1.29, 1.82) is 0 Å². The van der Waals surface area contributed by atoms with Crippen LogP contribution < -0.4 is 0 Å². The molecule has 0 aliphatic heterocycles. The third-order valence-corrected chi connectivity index (χ3v) is 2.07. The van der Waals surface area contributed by atoms with Crippen LogP contribution in [0.1, 0.15) is 17.3 Å². The van der Waals surface area contributed by atoms with Crippen molar-refractivity contribution >= 4 is 21.6 Å². The van der Waals surface area contributed by atoms with Gasteiger partial charge in [-0.15, -0.1) is 0 Å². The number of nitro benzene ring substituents is 1. The molecule has 0 aromatic heterocycles. The first-order valence-corrected chi connectivity index (χ1v) is 4.41. The Hall–Kier alpha value is -0.900. The van der Waals surface area contributed by atoms with Gasteiger partial charge in [0, 0.05) is 17.0 Å². The molecule has 64 valence electrons. The fourth-order valence-corrected chi connectivity index (χ4v) is 1.17. The van der Waals surface area contributed by atoms with E-state index >= 15 is 0 Å². The van der Waals surface area contributed by atoms with Gasteiger partial charge in [-0.3, -0.25) is 10.1 Å². The van der Waals surface area contributed by atoms with Crippen LogP contribution in [-0.2, 0) is 0 Å². The summed E-state index contributed by atoms with van der Waals surface area (Å²) in [6.45, 7) is 1.93. The van der Waals surface area contributed by atoms with Gasteiger partial charge in [-0.1, -0.05) is 28.1 Å². The molecule has 1 unspecified atom stereocenters. The zero-order valence-electron chi connectivity index (χ0n) is 6.53. The number of alkyl halides is 1. The Morgan fingerprint density at radius 3 is 2.75 bits per heavy atom. The molecule has 1 atom stereocenters. The van der Waals surface area contributed by atoms with Gasteiger partial charge in [0.25, 0.3) is 5.69 Å². The van der Waals surface area contributed by atoms with Crippen LogP contribution in [0.15, 0.2) is 24.3 Å². The van der Waals surface area contributed by atoms with Crippen LogP contribution in [0.25, 0.3) is 0 Å². The number of hydrogen-bond acceptors (Lipinski definition) is 2. The van der Waals surface area contributed by atoms with E-state index < -0.39 is 4.92 Å². The first-order valence-electron chi connectivity index (χ1n) is 3.49. The van der Waals surface area contributed by atoms with E-state index in [9.17, 15) is 10.1 Å². The minimum atomic E-state index is -0.390. The maximum Gasteiger partial charge on any atom is 0.269 e. The van der Waals surface area contributed by atoms with Gasteiger partial charge < -0.3 is 0 Å². The smallest absolute Gasteiger partial charge is 0.258 e. The molecule has 0 heterocycles. The van der Waals surface area contributed by atoms with E-state index in [1.165, 1.54) is 6.07 Å². The molecule has 0 saturated heterocycles. The molecule has 12 heavy (non-hydrogen) atoms. The molecule has 0 amide bonds. The number of benzene rings is 1. The number of halogens is 1. The number of nitrogens with zero attached hydrogens (tertiary/aromatic N) is 1. The lowest BCUT2D eigenvalue weighted by molar-refractivity contribution is -0.384. The third kappa shape index (κ3) is 2.04. The molecule has 0 spiro atoms. The fourth-order valence-electron chi connectivity index (χ4n) is 0.886. The SMILES string of the molecule is CC(Br)c1cccc([N+](=O)[O-])c1. The Morgan fingerprint density at radius 1 is 1.58 bits per heavy atom. The van der Waals surface area contributed by atoms with Crippen LogP contribution in [0, 0.1) is 10.1 Å². The number of hydrogen-bond donors (Lipinski definition) is 0. The highest BCUT2D eigenvalue weighted by Crippen LogP contribution is 2.24. The van der Waals surface area contributed by atoms with Crippen LogP contribution >= 0.6 is 15.9 Å². The van der Waals surface area contributed by atoms with Crippen LogP contribution in [0.4, 0.5) is 5.69 Å². The largest absolute Gasteiger partial charge is 0.269 e. The highest BCUT2D eigenvalue weighted by Gasteiger charge is 2.07. The summed E-state index contributed by atoms with van der Waals surface area (Å²) in [4.78, 5) is 10.1. The topological polar surface area (TPSA) is 43.1 Å². The summed E-state index contributed by atoms with van der Waals surface area (Å²) >= 11 is 3.34. The van der Waals surface area contributed by atoms with Crippen molar-refractivity contribution in [1.82, 2.24) is 0 Å². The molecule has 0 aliphatic rings. The van der Waals surface area contributed by atoms with Gasteiger partial charge in [0.2, 0.25) is 0 Å². The van der Waals surface area contributed by atoms with E-state index in [0.29, 0.717) is 0 Å². The second kappa shape index (κ2) is 3.67. The van der Waals surface area contributed by atoms with Crippen LogP contribution in [-0.4, -0.2) is 4.92 Å². The molecule has 1 rings (SSSR count). The molecule has 0 aliphatic carbocycles. The lowest BCUT2D eigenvalue weighted by Crippen LogP contribution is -1.90. The molecule has 1 aromatic carbocycles. The number of rotatable bonds is 2. The molecule has 0 N–H and O–H groups in total. The summed E-state index contributed by atoms with van der Waals surface area (Å²) in [5, 5.41) is 10.4.